The smallest absolute Gasteiger partial charge is 0.256 e. The van der Waals surface area contributed by atoms with Crippen LogP contribution in [0.4, 0.5) is 11.4 Å². The van der Waals surface area contributed by atoms with Crippen LogP contribution in [0.2, 0.25) is 0 Å². The molecule has 0 saturated heterocycles. The maximum atomic E-state index is 12.9. The van der Waals surface area contributed by atoms with Crippen molar-refractivity contribution >= 4 is 29.1 Å². The Hall–Kier alpha value is -3.59. The van der Waals surface area contributed by atoms with Crippen LogP contribution in [-0.2, 0) is 9.59 Å². The first kappa shape index (κ1) is 20.2. The Bertz CT molecular complexity index is 989. The van der Waals surface area contributed by atoms with Gasteiger partial charge in [0.25, 0.3) is 5.91 Å². The summed E-state index contributed by atoms with van der Waals surface area (Å²) in [6.07, 6.45) is 7.15. The number of para-hydroxylation sites is 1. The highest BCUT2D eigenvalue weighted by atomic mass is 16.2. The number of nitrogens with one attached hydrogen (secondary N) is 1. The van der Waals surface area contributed by atoms with Gasteiger partial charge in [-0.15, -0.1) is 6.42 Å². The molecule has 148 valence electrons. The zero-order chi connectivity index (χ0) is 21.0. The van der Waals surface area contributed by atoms with Crippen molar-refractivity contribution < 1.29 is 14.4 Å². The molecule has 3 amide bonds. The van der Waals surface area contributed by atoms with Gasteiger partial charge in [0.1, 0.15) is 0 Å². The van der Waals surface area contributed by atoms with E-state index in [4.69, 9.17) is 6.42 Å². The van der Waals surface area contributed by atoms with Gasteiger partial charge >= 0.3 is 0 Å². The number of benzene rings is 2. The monoisotopic (exact) mass is 389 g/mol. The van der Waals surface area contributed by atoms with Gasteiger partial charge in [0.05, 0.1) is 17.8 Å². The zero-order valence-corrected chi connectivity index (χ0v) is 16.5. The molecule has 3 rings (SSSR count). The van der Waals surface area contributed by atoms with Crippen LogP contribution >= 0.6 is 0 Å². The van der Waals surface area contributed by atoms with Gasteiger partial charge in [-0.3, -0.25) is 14.4 Å². The molecule has 1 aliphatic rings. The van der Waals surface area contributed by atoms with E-state index in [0.717, 1.165) is 12.8 Å². The second kappa shape index (κ2) is 8.61. The minimum atomic E-state index is -0.338. The largest absolute Gasteiger partial charge is 0.332 e. The molecule has 1 N–H and O–H groups in total. The Balaban J connectivity index is 1.69. The molecule has 29 heavy (non-hydrogen) atoms. The van der Waals surface area contributed by atoms with Gasteiger partial charge in [0.2, 0.25) is 11.8 Å². The van der Waals surface area contributed by atoms with Gasteiger partial charge in [0, 0.05) is 31.3 Å². The van der Waals surface area contributed by atoms with Crippen molar-refractivity contribution in [1.82, 2.24) is 4.90 Å². The number of likely N-dealkylation sites (N-methyl/N-ethyl adjacent to an activating group) is 1. The summed E-state index contributed by atoms with van der Waals surface area (Å²) < 4.78 is 0. The number of terminal acetylenes is 1. The fourth-order valence-corrected chi connectivity index (χ4v) is 3.05. The predicted octanol–water partition coefficient (Wildman–Crippen LogP) is 2.75. The summed E-state index contributed by atoms with van der Waals surface area (Å²) in [5, 5.41) is 2.74. The fourth-order valence-electron chi connectivity index (χ4n) is 3.05. The molecule has 0 atom stereocenters. The molecule has 6 heteroatoms. The highest BCUT2D eigenvalue weighted by Gasteiger charge is 2.33. The van der Waals surface area contributed by atoms with Crippen molar-refractivity contribution in [2.75, 3.05) is 30.9 Å². The molecule has 0 spiro atoms. The van der Waals surface area contributed by atoms with Crippen LogP contribution in [0.3, 0.4) is 0 Å². The lowest BCUT2D eigenvalue weighted by Crippen LogP contribution is -2.36. The second-order valence-electron chi connectivity index (χ2n) is 7.12. The number of carbonyl (C=O) groups is 3. The van der Waals surface area contributed by atoms with Crippen molar-refractivity contribution in [1.29, 1.82) is 0 Å². The topological polar surface area (TPSA) is 69.7 Å². The summed E-state index contributed by atoms with van der Waals surface area (Å²) in [5.41, 5.74) is 2.16. The molecule has 1 saturated carbocycles. The number of hydrogen-bond acceptors (Lipinski definition) is 3. The highest BCUT2D eigenvalue weighted by molar-refractivity contribution is 6.06. The van der Waals surface area contributed by atoms with Crippen molar-refractivity contribution in [2.24, 2.45) is 5.92 Å². The van der Waals surface area contributed by atoms with Crippen LogP contribution in [0, 0.1) is 18.3 Å². The normalized spacial score (nSPS) is 12.6. The Labute approximate surface area is 170 Å². The van der Waals surface area contributed by atoms with E-state index < -0.39 is 0 Å². The van der Waals surface area contributed by atoms with E-state index in [0.29, 0.717) is 22.5 Å². The molecule has 0 unspecified atom stereocenters. The van der Waals surface area contributed by atoms with Gasteiger partial charge < -0.3 is 15.1 Å². The van der Waals surface area contributed by atoms with Gasteiger partial charge in [-0.05, 0) is 43.2 Å². The summed E-state index contributed by atoms with van der Waals surface area (Å²) in [6.45, 7) is -0.131. The molecule has 6 nitrogen and oxygen atoms in total. The third-order valence-corrected chi connectivity index (χ3v) is 4.79. The Morgan fingerprint density at radius 2 is 1.83 bits per heavy atom. The maximum Gasteiger partial charge on any atom is 0.256 e. The number of hydrogen-bond donors (Lipinski definition) is 1. The summed E-state index contributed by atoms with van der Waals surface area (Å²) in [6, 6.07) is 13.9. The Kier molecular flexibility index (Phi) is 5.99. The van der Waals surface area contributed by atoms with Gasteiger partial charge in [-0.1, -0.05) is 24.1 Å². The molecular weight excluding hydrogens is 366 g/mol. The van der Waals surface area contributed by atoms with Crippen LogP contribution < -0.4 is 10.2 Å². The lowest BCUT2D eigenvalue weighted by Gasteiger charge is -2.23. The van der Waals surface area contributed by atoms with Crippen LogP contribution in [0.25, 0.3) is 0 Å². The Morgan fingerprint density at radius 3 is 2.52 bits per heavy atom. The van der Waals surface area contributed by atoms with Crippen molar-refractivity contribution in [3.05, 3.63) is 59.7 Å². The molecule has 0 aromatic heterocycles. The molecule has 2 aromatic carbocycles. The van der Waals surface area contributed by atoms with Crippen LogP contribution in [0.15, 0.2) is 48.5 Å². The first-order valence-electron chi connectivity index (χ1n) is 9.39. The molecule has 0 bridgehead atoms. The van der Waals surface area contributed by atoms with E-state index in [-0.39, 0.29) is 30.2 Å². The van der Waals surface area contributed by atoms with Crippen LogP contribution in [-0.4, -0.2) is 43.3 Å². The summed E-state index contributed by atoms with van der Waals surface area (Å²) in [4.78, 5) is 40.6. The molecule has 0 aliphatic heterocycles. The number of carbonyl (C=O) groups excluding carboxylic acids is 3. The van der Waals surface area contributed by atoms with Gasteiger partial charge in [-0.2, -0.15) is 0 Å². The van der Waals surface area contributed by atoms with E-state index >= 15 is 0 Å². The molecule has 1 fully saturated rings. The lowest BCUT2D eigenvalue weighted by atomic mass is 10.1. The maximum absolute atomic E-state index is 12.9. The Morgan fingerprint density at radius 1 is 1.10 bits per heavy atom. The first-order valence-corrected chi connectivity index (χ1v) is 9.39. The molecule has 1 aliphatic carbocycles. The quantitative estimate of drug-likeness (QED) is 0.773. The number of nitrogens with zero attached hydrogens (tertiary/aromatic N) is 2. The van der Waals surface area contributed by atoms with Crippen LogP contribution in [0.1, 0.15) is 28.8 Å². The SMILES string of the molecule is C#Cc1cccc(NC(=O)CN(C)C(=O)c2ccccc2N(C)C(=O)C2CC2)c1. The van der Waals surface area contributed by atoms with E-state index in [1.165, 1.54) is 9.80 Å². The molecular formula is C23H23N3O3. The zero-order valence-electron chi connectivity index (χ0n) is 16.5. The average Bonchev–Trinajstić information content (AvgIpc) is 3.57. The molecule has 0 radical (unpaired) electrons. The third kappa shape index (κ3) is 4.82. The van der Waals surface area contributed by atoms with Crippen molar-refractivity contribution in [3.63, 3.8) is 0 Å². The van der Waals surface area contributed by atoms with Crippen LogP contribution in [0.5, 0.6) is 0 Å². The van der Waals surface area contributed by atoms with Crippen molar-refractivity contribution in [3.8, 4) is 12.3 Å². The number of anilines is 2. The minimum absolute atomic E-state index is 0.0130. The lowest BCUT2D eigenvalue weighted by molar-refractivity contribution is -0.119. The fraction of sp³-hybridized carbons (Fsp3) is 0.261. The molecule has 2 aromatic rings. The number of amides is 3. The second-order valence-corrected chi connectivity index (χ2v) is 7.12. The van der Waals surface area contributed by atoms with Gasteiger partial charge in [-0.25, -0.2) is 0 Å². The van der Waals surface area contributed by atoms with E-state index in [1.807, 2.05) is 0 Å². The summed E-state index contributed by atoms with van der Waals surface area (Å²) in [7, 11) is 3.23. The minimum Gasteiger partial charge on any atom is -0.332 e. The van der Waals surface area contributed by atoms with E-state index in [9.17, 15) is 14.4 Å². The number of rotatable bonds is 6. The summed E-state index contributed by atoms with van der Waals surface area (Å²) >= 11 is 0. The third-order valence-electron chi connectivity index (χ3n) is 4.79. The van der Waals surface area contributed by atoms with E-state index in [1.54, 1.807) is 62.6 Å². The standard InChI is InChI=1S/C23H23N3O3/c1-4-16-8-7-9-18(14-16)24-21(27)15-25(2)23(29)19-10-5-6-11-20(19)26(3)22(28)17-12-13-17/h1,5-11,14,17H,12-13,15H2,2-3H3,(H,24,27). The average molecular weight is 389 g/mol. The van der Waals surface area contributed by atoms with Crippen molar-refractivity contribution in [2.45, 2.75) is 12.8 Å². The summed E-state index contributed by atoms with van der Waals surface area (Å²) in [5.74, 6) is 1.90. The van der Waals surface area contributed by atoms with Gasteiger partial charge in [0.15, 0.2) is 0 Å². The highest BCUT2D eigenvalue weighted by Crippen LogP contribution is 2.33. The van der Waals surface area contributed by atoms with E-state index in [2.05, 4.69) is 11.2 Å². The predicted molar refractivity (Wildman–Crippen MR) is 113 cm³/mol. The first-order chi connectivity index (χ1) is 13.9. The molecule has 0 heterocycles.